The van der Waals surface area contributed by atoms with E-state index in [1.54, 1.807) is 0 Å². The minimum Gasteiger partial charge on any atom is -0.311 e. The van der Waals surface area contributed by atoms with Crippen LogP contribution < -0.4 is 39.2 Å². The van der Waals surface area contributed by atoms with Crippen LogP contribution in [0, 0.1) is 0 Å². The number of hydrogen-bond acceptors (Lipinski definition) is 8. The van der Waals surface area contributed by atoms with Gasteiger partial charge >= 0.3 is 0 Å². The van der Waals surface area contributed by atoms with Crippen molar-refractivity contribution in [3.8, 4) is 0 Å². The fourth-order valence-corrected chi connectivity index (χ4v) is 14.6. The van der Waals surface area contributed by atoms with E-state index in [1.165, 1.54) is 0 Å². The Balaban J connectivity index is 0.650. The second-order valence-corrected chi connectivity index (χ2v) is 26.7. The lowest BCUT2D eigenvalue weighted by molar-refractivity contribution is 1.23. The monoisotopic (exact) mass is 1410 g/mol. The van der Waals surface area contributed by atoms with Crippen molar-refractivity contribution in [1.29, 1.82) is 0 Å². The Morgan fingerprint density at radius 1 is 0.0636 bits per heavy atom. The first-order valence-corrected chi connectivity index (χ1v) is 37.2. The second kappa shape index (κ2) is 32.2. The normalized spacial score (nSPS) is 10.9. The molecule has 8 nitrogen and oxygen atoms in total. The average molecular weight is 1420 g/mol. The van der Waals surface area contributed by atoms with Crippen LogP contribution in [-0.4, -0.2) is 0 Å². The highest BCUT2D eigenvalue weighted by Crippen LogP contribution is 2.47. The Kier molecular flexibility index (Phi) is 20.0. The molecule has 0 amide bonds. The molecule has 110 heavy (non-hydrogen) atoms. The van der Waals surface area contributed by atoms with Gasteiger partial charge in [-0.1, -0.05) is 182 Å². The van der Waals surface area contributed by atoms with Gasteiger partial charge in [0.1, 0.15) is 0 Å². The van der Waals surface area contributed by atoms with Crippen molar-refractivity contribution >= 4 is 136 Å². The lowest BCUT2D eigenvalue weighted by atomic mass is 10.1. The van der Waals surface area contributed by atoms with E-state index in [-0.39, 0.29) is 0 Å². The van der Waals surface area contributed by atoms with E-state index in [9.17, 15) is 0 Å². The quantitative estimate of drug-likeness (QED) is 0.0591. The van der Waals surface area contributed by atoms with Crippen molar-refractivity contribution in [2.75, 3.05) is 39.2 Å². The molecule has 17 aromatic rings. The van der Waals surface area contributed by atoms with E-state index >= 15 is 0 Å². The molecule has 8 heteroatoms. The summed E-state index contributed by atoms with van der Waals surface area (Å²) in [5.74, 6) is 0. The first kappa shape index (κ1) is 68.3. The highest BCUT2D eigenvalue weighted by Gasteiger charge is 2.24. The van der Waals surface area contributed by atoms with Gasteiger partial charge in [0.05, 0.1) is 0 Å². The van der Waals surface area contributed by atoms with Crippen molar-refractivity contribution in [2.24, 2.45) is 0 Å². The molecule has 0 saturated heterocycles. The molecule has 17 rings (SSSR count). The molecule has 0 radical (unpaired) electrons. The van der Waals surface area contributed by atoms with Crippen LogP contribution in [0.25, 0.3) is 0 Å². The van der Waals surface area contributed by atoms with E-state index < -0.39 is 0 Å². The van der Waals surface area contributed by atoms with E-state index in [1.807, 2.05) is 0 Å². The van der Waals surface area contributed by atoms with Crippen LogP contribution in [0.5, 0.6) is 0 Å². The van der Waals surface area contributed by atoms with Crippen LogP contribution in [0.3, 0.4) is 0 Å². The fourth-order valence-electron chi connectivity index (χ4n) is 14.6. The van der Waals surface area contributed by atoms with Crippen molar-refractivity contribution in [1.82, 2.24) is 0 Å². The van der Waals surface area contributed by atoms with Gasteiger partial charge in [-0.05, 0) is 291 Å². The van der Waals surface area contributed by atoms with Gasteiger partial charge in [0.15, 0.2) is 0 Å². The van der Waals surface area contributed by atoms with Crippen LogP contribution >= 0.6 is 0 Å². The molecule has 0 fully saturated rings. The minimum atomic E-state index is 1.03. The lowest BCUT2D eigenvalue weighted by Crippen LogP contribution is -2.14. The SMILES string of the molecule is c1ccc(N(c2ccccc2)c2ccc(N(c3ccccc3)c3ccc(N(c4ccccc4)c4ccc(N(c5ccccc5)c5ccc(N(c6ccccc6)c6ccc(N(c7ccccc7)c7ccc(N(c8ccccc8)c8ccc(N(c9ccccc9)c9ccccc9)cc8)cc7)cc6)cc5)cc4)cc3)cc2)cc1. The summed E-state index contributed by atoms with van der Waals surface area (Å²) in [6.45, 7) is 0. The molecule has 0 atom stereocenters. The number of anilines is 24. The van der Waals surface area contributed by atoms with Crippen LogP contribution in [0.15, 0.2) is 473 Å². The van der Waals surface area contributed by atoms with Gasteiger partial charge in [0.25, 0.3) is 0 Å². The highest BCUT2D eigenvalue weighted by molar-refractivity contribution is 5.89. The standard InChI is InChI=1S/C102H78N8/c1-11-31-79(32-12-1)103(80-33-13-2-14-34-80)89-51-55-91(56-52-89)105(83-39-19-5-20-40-83)93-59-63-95(64-60-93)107(85-43-23-7-24-44-85)97-67-71-99(72-68-97)109(87-47-27-9-28-48-87)101-75-77-102(78-76-101)110(88-49-29-10-30-50-88)100-73-69-98(70-74-100)108(86-45-25-8-26-46-86)96-65-61-94(62-66-96)106(84-41-21-6-22-42-84)92-57-53-90(54-58-92)104(81-35-15-3-16-36-81)82-37-17-4-18-38-82/h1-78H. The summed E-state index contributed by atoms with van der Waals surface area (Å²) >= 11 is 0. The van der Waals surface area contributed by atoms with Gasteiger partial charge in [-0.3, -0.25) is 0 Å². The third kappa shape index (κ3) is 14.8. The van der Waals surface area contributed by atoms with Gasteiger partial charge in [-0.2, -0.15) is 0 Å². The molecule has 0 heterocycles. The molecule has 0 N–H and O–H groups in total. The molecule has 0 bridgehead atoms. The van der Waals surface area contributed by atoms with E-state index in [0.717, 1.165) is 136 Å². The summed E-state index contributed by atoms with van der Waals surface area (Å²) < 4.78 is 0. The Bertz CT molecular complexity index is 5270. The van der Waals surface area contributed by atoms with Crippen molar-refractivity contribution in [3.63, 3.8) is 0 Å². The Morgan fingerprint density at radius 2 is 0.118 bits per heavy atom. The van der Waals surface area contributed by atoms with Gasteiger partial charge in [0, 0.05) is 136 Å². The topological polar surface area (TPSA) is 25.9 Å². The van der Waals surface area contributed by atoms with Crippen LogP contribution in [0.2, 0.25) is 0 Å². The van der Waals surface area contributed by atoms with Gasteiger partial charge in [-0.25, -0.2) is 0 Å². The predicted octanol–water partition coefficient (Wildman–Crippen LogP) is 29.4. The maximum absolute atomic E-state index is 2.33. The molecule has 0 aromatic heterocycles. The van der Waals surface area contributed by atoms with E-state index in [2.05, 4.69) is 512 Å². The van der Waals surface area contributed by atoms with Crippen LogP contribution in [0.4, 0.5) is 136 Å². The molecule has 0 aliphatic heterocycles. The zero-order valence-electron chi connectivity index (χ0n) is 60.6. The fraction of sp³-hybridized carbons (Fsp3) is 0. The zero-order valence-corrected chi connectivity index (χ0v) is 60.6. The van der Waals surface area contributed by atoms with Gasteiger partial charge in [-0.15, -0.1) is 0 Å². The maximum atomic E-state index is 2.33. The molecule has 526 valence electrons. The molecule has 0 aliphatic carbocycles. The molecule has 0 saturated carbocycles. The molecular weight excluding hydrogens is 1340 g/mol. The highest BCUT2D eigenvalue weighted by atomic mass is 15.2. The van der Waals surface area contributed by atoms with Gasteiger partial charge < -0.3 is 39.2 Å². The molecular formula is C102H78N8. The summed E-state index contributed by atoms with van der Waals surface area (Å²) in [6.07, 6.45) is 0. The van der Waals surface area contributed by atoms with Crippen LogP contribution in [-0.2, 0) is 0 Å². The predicted molar refractivity (Wildman–Crippen MR) is 464 cm³/mol. The molecule has 0 aliphatic rings. The summed E-state index contributed by atoms with van der Waals surface area (Å²) in [4.78, 5) is 18.5. The number of benzene rings is 17. The van der Waals surface area contributed by atoms with Crippen LogP contribution in [0.1, 0.15) is 0 Å². The third-order valence-corrected chi connectivity index (χ3v) is 19.7. The van der Waals surface area contributed by atoms with Crippen molar-refractivity contribution in [2.45, 2.75) is 0 Å². The zero-order chi connectivity index (χ0) is 73.6. The smallest absolute Gasteiger partial charge is 0.0463 e. The maximum Gasteiger partial charge on any atom is 0.0463 e. The third-order valence-electron chi connectivity index (χ3n) is 19.7. The summed E-state index contributed by atoms with van der Waals surface area (Å²) in [6, 6.07) is 168. The average Bonchev–Trinajstić information content (AvgIpc) is 0.768. The summed E-state index contributed by atoms with van der Waals surface area (Å²) in [5.41, 5.74) is 25.3. The largest absolute Gasteiger partial charge is 0.311 e. The van der Waals surface area contributed by atoms with Gasteiger partial charge in [0.2, 0.25) is 0 Å². The Labute approximate surface area is 644 Å². The molecule has 17 aromatic carbocycles. The van der Waals surface area contributed by atoms with Crippen molar-refractivity contribution < 1.29 is 0 Å². The Hall–Kier alpha value is -14.9. The summed E-state index contributed by atoms with van der Waals surface area (Å²) in [5, 5.41) is 0. The number of nitrogens with zero attached hydrogens (tertiary/aromatic N) is 8. The second-order valence-electron chi connectivity index (χ2n) is 26.7. The number of hydrogen-bond donors (Lipinski definition) is 0. The minimum absolute atomic E-state index is 1.03. The molecule has 0 spiro atoms. The first-order chi connectivity index (χ1) is 54.6. The number of para-hydroxylation sites is 10. The molecule has 0 unspecified atom stereocenters. The van der Waals surface area contributed by atoms with E-state index in [0.29, 0.717) is 0 Å². The van der Waals surface area contributed by atoms with E-state index in [4.69, 9.17) is 0 Å². The van der Waals surface area contributed by atoms with Crippen molar-refractivity contribution in [3.05, 3.63) is 473 Å². The first-order valence-electron chi connectivity index (χ1n) is 37.2. The Morgan fingerprint density at radius 3 is 0.182 bits per heavy atom. The lowest BCUT2D eigenvalue weighted by Gasteiger charge is -2.30. The number of rotatable bonds is 24. The summed E-state index contributed by atoms with van der Waals surface area (Å²) in [7, 11) is 0.